The highest BCUT2D eigenvalue weighted by Gasteiger charge is 2.16. The van der Waals surface area contributed by atoms with Crippen LogP contribution in [-0.2, 0) is 14.3 Å². The third-order valence-electron chi connectivity index (χ3n) is 3.25. The Labute approximate surface area is 136 Å². The number of ether oxygens (including phenoxy) is 2. The Balaban J connectivity index is 2.30. The van der Waals surface area contributed by atoms with E-state index in [-0.39, 0.29) is 24.9 Å². The zero-order valence-corrected chi connectivity index (χ0v) is 14.1. The molecule has 0 bridgehead atoms. The van der Waals surface area contributed by atoms with Gasteiger partial charge >= 0.3 is 11.9 Å². The molecule has 0 aromatic heterocycles. The summed E-state index contributed by atoms with van der Waals surface area (Å²) in [7, 11) is 0. The molecule has 0 fully saturated rings. The predicted octanol–water partition coefficient (Wildman–Crippen LogP) is 4.39. The first kappa shape index (κ1) is 18.5. The Kier molecular flexibility index (Phi) is 7.96. The summed E-state index contributed by atoms with van der Waals surface area (Å²) in [6.45, 7) is 6.02. The van der Waals surface area contributed by atoms with E-state index in [1.165, 1.54) is 0 Å². The Morgan fingerprint density at radius 3 is 2.36 bits per heavy atom. The summed E-state index contributed by atoms with van der Waals surface area (Å²) in [5.41, 5.74) is 0. The molecule has 4 nitrogen and oxygen atoms in total. The van der Waals surface area contributed by atoms with Crippen LogP contribution in [0.3, 0.4) is 0 Å². The van der Waals surface area contributed by atoms with Crippen LogP contribution in [0.1, 0.15) is 46.5 Å². The highest BCUT2D eigenvalue weighted by molar-refractivity contribution is 6.32. The summed E-state index contributed by atoms with van der Waals surface area (Å²) in [4.78, 5) is 23.4. The first-order valence-corrected chi connectivity index (χ1v) is 7.96. The average molecular weight is 327 g/mol. The molecule has 1 rings (SSSR count). The van der Waals surface area contributed by atoms with Crippen molar-refractivity contribution in [2.45, 2.75) is 52.6 Å². The second-order valence-corrected chi connectivity index (χ2v) is 5.85. The van der Waals surface area contributed by atoms with Crippen molar-refractivity contribution in [1.82, 2.24) is 0 Å². The second-order valence-electron chi connectivity index (χ2n) is 5.44. The van der Waals surface area contributed by atoms with Gasteiger partial charge in [0.2, 0.25) is 0 Å². The van der Waals surface area contributed by atoms with Gasteiger partial charge in [-0.25, -0.2) is 0 Å². The summed E-state index contributed by atoms with van der Waals surface area (Å²) < 4.78 is 10.5. The van der Waals surface area contributed by atoms with Gasteiger partial charge < -0.3 is 9.47 Å². The minimum Gasteiger partial charge on any atom is -0.462 e. The maximum absolute atomic E-state index is 11.7. The maximum atomic E-state index is 11.7. The van der Waals surface area contributed by atoms with E-state index >= 15 is 0 Å². The predicted molar refractivity (Wildman–Crippen MR) is 85.9 cm³/mol. The topological polar surface area (TPSA) is 52.6 Å². The first-order valence-electron chi connectivity index (χ1n) is 7.58. The molecular formula is C17H23ClO4. The van der Waals surface area contributed by atoms with Crippen LogP contribution in [0, 0.1) is 5.92 Å². The van der Waals surface area contributed by atoms with Crippen LogP contribution in [0.15, 0.2) is 24.3 Å². The lowest BCUT2D eigenvalue weighted by Crippen LogP contribution is -2.22. The average Bonchev–Trinajstić information content (AvgIpc) is 2.47. The van der Waals surface area contributed by atoms with E-state index in [1.807, 2.05) is 20.8 Å². The zero-order chi connectivity index (χ0) is 16.5. The Hall–Kier alpha value is -1.55. The number of hydrogen-bond donors (Lipinski definition) is 0. The molecule has 1 aromatic rings. The molecule has 0 amide bonds. The van der Waals surface area contributed by atoms with Crippen molar-refractivity contribution in [3.63, 3.8) is 0 Å². The molecule has 0 spiro atoms. The molecule has 5 heteroatoms. The van der Waals surface area contributed by atoms with Gasteiger partial charge in [-0.3, -0.25) is 9.59 Å². The van der Waals surface area contributed by atoms with E-state index in [4.69, 9.17) is 21.1 Å². The van der Waals surface area contributed by atoms with Gasteiger partial charge in [0.1, 0.15) is 11.9 Å². The summed E-state index contributed by atoms with van der Waals surface area (Å²) in [6.07, 6.45) is 1.48. The third kappa shape index (κ3) is 6.48. The van der Waals surface area contributed by atoms with Gasteiger partial charge in [-0.2, -0.15) is 0 Å². The normalized spacial score (nSPS) is 12.0. The van der Waals surface area contributed by atoms with Crippen molar-refractivity contribution >= 4 is 23.5 Å². The van der Waals surface area contributed by atoms with Crippen LogP contribution >= 0.6 is 11.6 Å². The summed E-state index contributed by atoms with van der Waals surface area (Å²) in [5, 5.41) is 0.387. The van der Waals surface area contributed by atoms with Crippen LogP contribution < -0.4 is 4.74 Å². The van der Waals surface area contributed by atoms with Crippen LogP contribution in [0.5, 0.6) is 5.75 Å². The number of carbonyl (C=O) groups excluding carboxylic acids is 2. The molecule has 0 saturated carbocycles. The second kappa shape index (κ2) is 9.46. The van der Waals surface area contributed by atoms with Gasteiger partial charge in [0.15, 0.2) is 0 Å². The van der Waals surface area contributed by atoms with E-state index in [1.54, 1.807) is 24.3 Å². The first-order chi connectivity index (χ1) is 10.4. The van der Waals surface area contributed by atoms with Gasteiger partial charge in [0, 0.05) is 12.8 Å². The number of carbonyl (C=O) groups is 2. The van der Waals surface area contributed by atoms with Crippen LogP contribution in [0.4, 0.5) is 0 Å². The van der Waals surface area contributed by atoms with Crippen LogP contribution in [0.25, 0.3) is 0 Å². The molecule has 122 valence electrons. The molecule has 0 saturated heterocycles. The summed E-state index contributed by atoms with van der Waals surface area (Å²) in [5.74, 6) is -0.0513. The number of para-hydroxylation sites is 1. The molecule has 0 aliphatic carbocycles. The fourth-order valence-corrected chi connectivity index (χ4v) is 2.17. The highest BCUT2D eigenvalue weighted by atomic mass is 35.5. The standard InChI is InChI=1S/C17H23ClO4/c1-4-14(12(2)3)21-16(19)10-7-11-17(20)22-15-9-6-5-8-13(15)18/h5-6,8-9,12,14H,4,7,10-11H2,1-3H3. The fraction of sp³-hybridized carbons (Fsp3) is 0.529. The van der Waals surface area contributed by atoms with Crippen LogP contribution in [0.2, 0.25) is 5.02 Å². The highest BCUT2D eigenvalue weighted by Crippen LogP contribution is 2.23. The molecule has 1 aromatic carbocycles. The molecule has 1 atom stereocenters. The third-order valence-corrected chi connectivity index (χ3v) is 3.56. The van der Waals surface area contributed by atoms with Crippen molar-refractivity contribution in [2.75, 3.05) is 0 Å². The van der Waals surface area contributed by atoms with Gasteiger partial charge in [0.25, 0.3) is 0 Å². The molecule has 0 N–H and O–H groups in total. The van der Waals surface area contributed by atoms with Crippen molar-refractivity contribution in [3.8, 4) is 5.75 Å². The molecule has 0 aliphatic rings. The van der Waals surface area contributed by atoms with Crippen molar-refractivity contribution in [2.24, 2.45) is 5.92 Å². The maximum Gasteiger partial charge on any atom is 0.311 e. The van der Waals surface area contributed by atoms with E-state index in [0.29, 0.717) is 23.1 Å². The minimum atomic E-state index is -0.406. The number of esters is 2. The van der Waals surface area contributed by atoms with Crippen molar-refractivity contribution < 1.29 is 19.1 Å². The molecule has 0 aliphatic heterocycles. The Bertz CT molecular complexity index is 499. The molecule has 1 unspecified atom stereocenters. The summed E-state index contributed by atoms with van der Waals surface area (Å²) >= 11 is 5.90. The molecule has 0 heterocycles. The quantitative estimate of drug-likeness (QED) is 0.525. The number of hydrogen-bond acceptors (Lipinski definition) is 4. The molecule has 0 radical (unpaired) electrons. The van der Waals surface area contributed by atoms with E-state index in [0.717, 1.165) is 6.42 Å². The van der Waals surface area contributed by atoms with E-state index in [2.05, 4.69) is 0 Å². The van der Waals surface area contributed by atoms with Crippen LogP contribution in [-0.4, -0.2) is 18.0 Å². The SMILES string of the molecule is CCC(OC(=O)CCCC(=O)Oc1ccccc1Cl)C(C)C. The van der Waals surface area contributed by atoms with Gasteiger partial charge in [-0.1, -0.05) is 44.5 Å². The van der Waals surface area contributed by atoms with Crippen molar-refractivity contribution in [1.29, 1.82) is 0 Å². The molecular weight excluding hydrogens is 304 g/mol. The number of benzene rings is 1. The molecule has 22 heavy (non-hydrogen) atoms. The Morgan fingerprint density at radius 1 is 1.14 bits per heavy atom. The van der Waals surface area contributed by atoms with Gasteiger partial charge in [0.05, 0.1) is 5.02 Å². The largest absolute Gasteiger partial charge is 0.462 e. The fourth-order valence-electron chi connectivity index (χ4n) is 2.00. The van der Waals surface area contributed by atoms with E-state index < -0.39 is 5.97 Å². The van der Waals surface area contributed by atoms with Crippen molar-refractivity contribution in [3.05, 3.63) is 29.3 Å². The van der Waals surface area contributed by atoms with E-state index in [9.17, 15) is 9.59 Å². The number of rotatable bonds is 8. The summed E-state index contributed by atoms with van der Waals surface area (Å²) in [6, 6.07) is 6.78. The Morgan fingerprint density at radius 2 is 1.77 bits per heavy atom. The lowest BCUT2D eigenvalue weighted by molar-refractivity contribution is -0.151. The lowest BCUT2D eigenvalue weighted by Gasteiger charge is -2.19. The zero-order valence-electron chi connectivity index (χ0n) is 13.3. The van der Waals surface area contributed by atoms with Gasteiger partial charge in [-0.15, -0.1) is 0 Å². The lowest BCUT2D eigenvalue weighted by atomic mass is 10.1. The minimum absolute atomic E-state index is 0.0671. The number of halogens is 1. The van der Waals surface area contributed by atoms with Gasteiger partial charge in [-0.05, 0) is 30.9 Å². The monoisotopic (exact) mass is 326 g/mol. The smallest absolute Gasteiger partial charge is 0.311 e.